The van der Waals surface area contributed by atoms with Crippen LogP contribution >= 0.6 is 0 Å². The van der Waals surface area contributed by atoms with E-state index in [0.717, 1.165) is 213 Å². The Bertz CT molecular complexity index is 8040. The van der Waals surface area contributed by atoms with Gasteiger partial charge in [-0.25, -0.2) is 24.9 Å². The van der Waals surface area contributed by atoms with Crippen LogP contribution in [0, 0.1) is 41.5 Å². The molecule has 5 amide bonds. The number of nitrogens with one attached hydrogen (secondary N) is 10. The highest BCUT2D eigenvalue weighted by molar-refractivity contribution is 6.07. The number of carbonyl (C=O) groups is 5. The Morgan fingerprint density at radius 3 is 1.07 bits per heavy atom. The number of anilines is 5. The quantitative estimate of drug-likeness (QED) is 0.0225. The molecule has 0 atom stereocenters. The third-order valence-electron chi connectivity index (χ3n) is 24.3. The van der Waals surface area contributed by atoms with Crippen LogP contribution in [-0.4, -0.2) is 167 Å². The van der Waals surface area contributed by atoms with Crippen LogP contribution in [0.2, 0.25) is 0 Å². The number of fused-ring (bicyclic) bond motifs is 5. The number of methoxy groups -OCH3 is 1. The van der Waals surface area contributed by atoms with Crippen molar-refractivity contribution in [2.45, 2.75) is 54.9 Å². The molecule has 4 aromatic carbocycles. The molecule has 0 bridgehead atoms. The second-order valence-corrected chi connectivity index (χ2v) is 35.7. The maximum absolute atomic E-state index is 12.1. The Morgan fingerprint density at radius 1 is 0.324 bits per heavy atom. The van der Waals surface area contributed by atoms with E-state index in [9.17, 15) is 24.0 Å². The van der Waals surface area contributed by atoms with Crippen molar-refractivity contribution in [1.82, 2.24) is 89.5 Å². The lowest BCUT2D eigenvalue weighted by Crippen LogP contribution is -2.13. The molecule has 29 nitrogen and oxygen atoms in total. The van der Waals surface area contributed by atoms with Gasteiger partial charge in [-0.2, -0.15) is 0 Å². The Kier molecular flexibility index (Phi) is 32.5. The number of amides is 5. The number of nitrogens with zero attached hydrogens (tertiary/aromatic N) is 13. The van der Waals surface area contributed by atoms with Crippen LogP contribution in [0.1, 0.15) is 46.4 Å². The van der Waals surface area contributed by atoms with Crippen molar-refractivity contribution in [1.29, 1.82) is 0 Å². The number of rotatable bonds is 26. The molecule has 10 N–H and O–H groups in total. The van der Waals surface area contributed by atoms with E-state index in [4.69, 9.17) is 4.74 Å². The van der Waals surface area contributed by atoms with Crippen molar-refractivity contribution in [2.24, 2.45) is 0 Å². The lowest BCUT2D eigenvalue weighted by molar-refractivity contribution is -0.112. The summed E-state index contributed by atoms with van der Waals surface area (Å²) >= 11 is 0. The van der Waals surface area contributed by atoms with Gasteiger partial charge in [-0.05, 0) is 265 Å². The number of hydrogen-bond acceptors (Lipinski definition) is 19. The molecular formula is C119H111N23O6. The van der Waals surface area contributed by atoms with Crippen molar-refractivity contribution in [3.8, 4) is 117 Å². The lowest BCUT2D eigenvalue weighted by Gasteiger charge is -2.11. The first-order valence-corrected chi connectivity index (χ1v) is 47.8. The van der Waals surface area contributed by atoms with Gasteiger partial charge in [-0.3, -0.25) is 53.9 Å². The number of hydrogen-bond donors (Lipinski definition) is 10. The molecule has 0 aliphatic carbocycles. The van der Waals surface area contributed by atoms with Crippen molar-refractivity contribution >= 4 is 113 Å². The van der Waals surface area contributed by atoms with E-state index >= 15 is 0 Å². The SMILES string of the molecule is C=CC(=O)Nc1cc(OC)cc(-c2cnc3[nH]cc(-c4ccnc(CC)c4)c3c2)c1.C=CC(=O)Nc1cccc(-c2cnc3[nH]cc(-c4cccc(C)c4)c3c2C)c1.C=CC(=O)Nc1cccc(-c2cnc3[nH]cc(-c4ccnc(C)c4)c3c2C)c1.Cc1cc(-c2c[nH]c3ncc(-c4cncc(NC(=O)/C=C/CN(C)C)c4)cc23)ccn1.Cc1cc(-c2c[nH]c3ncc(-c4cncc(NC(=O)/C=C/CN(C)C)c4)cc23)ccn1. The van der Waals surface area contributed by atoms with Gasteiger partial charge in [0.2, 0.25) is 29.5 Å². The molecule has 0 aliphatic rings. The highest BCUT2D eigenvalue weighted by Gasteiger charge is 2.21. The van der Waals surface area contributed by atoms with Gasteiger partial charge in [0, 0.05) is 264 Å². The molecule has 0 fully saturated rings. The zero-order valence-electron chi connectivity index (χ0n) is 84.1. The van der Waals surface area contributed by atoms with E-state index in [1.807, 2.05) is 236 Å². The topological polar surface area (TPSA) is 382 Å². The van der Waals surface area contributed by atoms with Gasteiger partial charge in [0.05, 0.1) is 30.9 Å². The first-order chi connectivity index (χ1) is 71.7. The molecule has 20 aromatic rings. The highest BCUT2D eigenvalue weighted by Crippen LogP contribution is 2.42. The number of benzene rings is 4. The lowest BCUT2D eigenvalue weighted by atomic mass is 9.96. The molecule has 0 saturated heterocycles. The maximum Gasteiger partial charge on any atom is 0.248 e. The first-order valence-electron chi connectivity index (χ1n) is 47.8. The van der Waals surface area contributed by atoms with Crippen molar-refractivity contribution in [3.05, 3.63) is 383 Å². The fourth-order valence-electron chi connectivity index (χ4n) is 17.0. The maximum atomic E-state index is 12.1. The van der Waals surface area contributed by atoms with Gasteiger partial charge in [0.15, 0.2) is 0 Å². The number of likely N-dealkylation sites (N-methyl/N-ethyl adjacent to an activating group) is 2. The fraction of sp³-hybridized carbons (Fsp3) is 0.126. The molecule has 0 radical (unpaired) electrons. The summed E-state index contributed by atoms with van der Waals surface area (Å²) in [7, 11) is 9.40. The summed E-state index contributed by atoms with van der Waals surface area (Å²) in [5.41, 5.74) is 35.4. The van der Waals surface area contributed by atoms with E-state index in [0.29, 0.717) is 35.9 Å². The molecule has 0 aliphatic heterocycles. The molecule has 29 heteroatoms. The Hall–Kier alpha value is -19.0. The number of pyridine rings is 11. The molecule has 0 saturated carbocycles. The van der Waals surface area contributed by atoms with E-state index in [1.54, 1.807) is 56.6 Å². The van der Waals surface area contributed by atoms with Gasteiger partial charge in [0.1, 0.15) is 34.0 Å². The first kappa shape index (κ1) is 102. The Balaban J connectivity index is 0.000000132. The number of H-pyrrole nitrogens is 5. The minimum absolute atomic E-state index is 0.185. The van der Waals surface area contributed by atoms with Crippen LogP contribution in [0.5, 0.6) is 5.75 Å². The largest absolute Gasteiger partial charge is 0.497 e. The summed E-state index contributed by atoms with van der Waals surface area (Å²) in [4.78, 5) is 128. The summed E-state index contributed by atoms with van der Waals surface area (Å²) < 4.78 is 5.41. The normalized spacial score (nSPS) is 11.1. The molecule has 16 heterocycles. The molecule has 148 heavy (non-hydrogen) atoms. The zero-order valence-corrected chi connectivity index (χ0v) is 84.1. The minimum Gasteiger partial charge on any atom is -0.497 e. The van der Waals surface area contributed by atoms with Gasteiger partial charge in [-0.15, -0.1) is 0 Å². The Morgan fingerprint density at radius 2 is 0.669 bits per heavy atom. The number of ether oxygens (including phenoxy) is 1. The summed E-state index contributed by atoms with van der Waals surface area (Å²) in [6, 6.07) is 55.9. The van der Waals surface area contributed by atoms with E-state index in [-0.39, 0.29) is 29.5 Å². The molecule has 16 aromatic heterocycles. The predicted molar refractivity (Wildman–Crippen MR) is 595 cm³/mol. The third-order valence-corrected chi connectivity index (χ3v) is 24.3. The second-order valence-electron chi connectivity index (χ2n) is 35.7. The molecular weight excluding hydrogens is 1850 g/mol. The molecule has 0 unspecified atom stereocenters. The van der Waals surface area contributed by atoms with E-state index in [2.05, 4.69) is 220 Å². The number of aryl methyl sites for hydroxylation is 7. The van der Waals surface area contributed by atoms with E-state index < -0.39 is 0 Å². The molecule has 0 spiro atoms. The Labute approximate surface area is 856 Å². The van der Waals surface area contributed by atoms with Gasteiger partial charge >= 0.3 is 0 Å². The summed E-state index contributed by atoms with van der Waals surface area (Å²) in [5, 5.41) is 19.4. The van der Waals surface area contributed by atoms with Crippen molar-refractivity contribution < 1.29 is 28.7 Å². The van der Waals surface area contributed by atoms with Crippen LogP contribution in [0.15, 0.2) is 344 Å². The smallest absolute Gasteiger partial charge is 0.248 e. The van der Waals surface area contributed by atoms with Crippen LogP contribution in [0.3, 0.4) is 0 Å². The van der Waals surface area contributed by atoms with Crippen LogP contribution < -0.4 is 31.3 Å². The van der Waals surface area contributed by atoms with Crippen molar-refractivity contribution in [3.63, 3.8) is 0 Å². The standard InChI is InChI=1S/2C24H24N6O.C24H22N4O2.C24H21N3O.C23H20N4O/c2*1-16-9-17(6-7-26-16)22-15-28-24-21(22)11-19(13-27-24)18-10-20(14-25-12-18)29-23(31)5-4-8-30(2)3;1-4-18-8-15(6-7-25-18)22-14-27-24-21(22)11-17(13-26-24)16-9-19(28-23(29)5-2)12-20(10-16)30-3;1-4-22(28)27-19-10-6-9-18(12-19)20-13-25-24-23(16(20)3)21(14-26-24)17-8-5-7-15(2)11-17;1-4-21(28)27-18-7-5-6-16(11-18)19-12-25-23-22(15(19)3)20(13-26-23)17-8-9-24-14(2)10-17/h2*4-7,9-15H,8H2,1-3H3,(H,27,28)(H,29,31);5-14H,2,4H2,1,3H3,(H,26,27)(H,28,29);4-14H,1H2,2-3H3,(H,25,26)(H,27,28);4-13H,1H2,2-3H3,(H,25,26)(H,27,28)/b2*5-4+;;;. The third kappa shape index (κ3) is 25.2. The molecule has 20 rings (SSSR count). The molecule has 738 valence electrons. The number of carbonyl (C=O) groups excluding carboxylic acids is 5. The average molecular weight is 1960 g/mol. The number of aromatic nitrogens is 16. The van der Waals surface area contributed by atoms with Crippen LogP contribution in [0.4, 0.5) is 28.4 Å². The van der Waals surface area contributed by atoms with Gasteiger partial charge < -0.3 is 66.0 Å². The second kappa shape index (κ2) is 47.3. The fourth-order valence-corrected chi connectivity index (χ4v) is 17.0. The van der Waals surface area contributed by atoms with Crippen LogP contribution in [-0.2, 0) is 30.4 Å². The van der Waals surface area contributed by atoms with Gasteiger partial charge in [-0.1, -0.05) is 92.9 Å². The minimum atomic E-state index is -0.278. The monoisotopic (exact) mass is 1960 g/mol. The van der Waals surface area contributed by atoms with Crippen LogP contribution in [0.25, 0.3) is 166 Å². The zero-order chi connectivity index (χ0) is 104. The highest BCUT2D eigenvalue weighted by atomic mass is 16.5. The van der Waals surface area contributed by atoms with Crippen molar-refractivity contribution in [2.75, 3.05) is 75.0 Å². The summed E-state index contributed by atoms with van der Waals surface area (Å²) in [6.45, 7) is 26.2. The summed E-state index contributed by atoms with van der Waals surface area (Å²) in [6.07, 6.45) is 44.5. The predicted octanol–water partition coefficient (Wildman–Crippen LogP) is 23.8. The van der Waals surface area contributed by atoms with Gasteiger partial charge in [0.25, 0.3) is 0 Å². The summed E-state index contributed by atoms with van der Waals surface area (Å²) in [5.74, 6) is -0.466. The number of aromatic amines is 5. The average Bonchev–Trinajstić information content (AvgIpc) is 1.60. The van der Waals surface area contributed by atoms with E-state index in [1.165, 1.54) is 41.5 Å².